The highest BCUT2D eigenvalue weighted by Gasteiger charge is 2.25. The summed E-state index contributed by atoms with van der Waals surface area (Å²) < 4.78 is 31.4. The Morgan fingerprint density at radius 2 is 1.95 bits per heavy atom. The van der Waals surface area contributed by atoms with Crippen LogP contribution in [0.25, 0.3) is 0 Å². The first-order chi connectivity index (χ1) is 9.19. The molecule has 1 fully saturated rings. The molecule has 0 aliphatic heterocycles. The minimum atomic E-state index is -0.596. The third kappa shape index (κ3) is 4.16. The smallest absolute Gasteiger partial charge is 0.129 e. The third-order valence-corrected chi connectivity index (χ3v) is 3.72. The Hall–Kier alpha value is -1.16. The van der Waals surface area contributed by atoms with Crippen LogP contribution in [0.3, 0.4) is 0 Å². The Bertz CT molecular complexity index is 391. The van der Waals surface area contributed by atoms with Gasteiger partial charge < -0.3 is 10.1 Å². The van der Waals surface area contributed by atoms with Crippen LogP contribution in [0.5, 0.6) is 5.75 Å². The maximum Gasteiger partial charge on any atom is 0.129 e. The Balaban J connectivity index is 1.79. The van der Waals surface area contributed by atoms with E-state index >= 15 is 0 Å². The van der Waals surface area contributed by atoms with Gasteiger partial charge in [0.15, 0.2) is 0 Å². The minimum absolute atomic E-state index is 0.274. The normalized spacial score (nSPS) is 22.7. The summed E-state index contributed by atoms with van der Waals surface area (Å²) in [4.78, 5) is 0. The maximum atomic E-state index is 13.0. The van der Waals surface area contributed by atoms with E-state index in [1.807, 2.05) is 0 Å². The van der Waals surface area contributed by atoms with Gasteiger partial charge in [-0.25, -0.2) is 8.78 Å². The summed E-state index contributed by atoms with van der Waals surface area (Å²) in [5.41, 5.74) is 0. The predicted molar refractivity (Wildman–Crippen MR) is 71.3 cm³/mol. The van der Waals surface area contributed by atoms with Crippen molar-refractivity contribution in [3.05, 3.63) is 29.8 Å². The van der Waals surface area contributed by atoms with E-state index in [0.29, 0.717) is 18.6 Å². The predicted octanol–water partition coefficient (Wildman–Crippen LogP) is 3.51. The molecular formula is C15H21F2NO. The summed E-state index contributed by atoms with van der Waals surface area (Å²) in [6, 6.07) is 3.86. The van der Waals surface area contributed by atoms with Crippen molar-refractivity contribution in [3.63, 3.8) is 0 Å². The Morgan fingerprint density at radius 3 is 2.63 bits per heavy atom. The molecule has 0 heterocycles. The zero-order chi connectivity index (χ0) is 13.7. The van der Waals surface area contributed by atoms with E-state index in [0.717, 1.165) is 19.0 Å². The van der Waals surface area contributed by atoms with Crippen molar-refractivity contribution in [2.45, 2.75) is 38.6 Å². The van der Waals surface area contributed by atoms with E-state index in [1.54, 1.807) is 0 Å². The number of benzene rings is 1. The number of hydrogen-bond donors (Lipinski definition) is 1. The molecule has 1 saturated carbocycles. The third-order valence-electron chi connectivity index (χ3n) is 3.72. The number of nitrogens with one attached hydrogen (secondary N) is 1. The number of rotatable bonds is 6. The Kier molecular flexibility index (Phi) is 5.14. The van der Waals surface area contributed by atoms with Gasteiger partial charge in [-0.05, 0) is 31.7 Å². The average molecular weight is 269 g/mol. The van der Waals surface area contributed by atoms with Gasteiger partial charge in [0, 0.05) is 24.2 Å². The molecule has 0 radical (unpaired) electrons. The summed E-state index contributed by atoms with van der Waals surface area (Å²) in [6.45, 7) is 3.61. The van der Waals surface area contributed by atoms with Gasteiger partial charge in [0.25, 0.3) is 0 Å². The van der Waals surface area contributed by atoms with Gasteiger partial charge in [-0.3, -0.25) is 0 Å². The summed E-state index contributed by atoms with van der Waals surface area (Å²) in [5.74, 6) is -0.309. The molecule has 0 amide bonds. The molecule has 19 heavy (non-hydrogen) atoms. The molecule has 4 heteroatoms. The second-order valence-electron chi connectivity index (χ2n) is 5.10. The molecule has 2 nitrogen and oxygen atoms in total. The molecule has 2 atom stereocenters. The maximum absolute atomic E-state index is 13.0. The van der Waals surface area contributed by atoms with Gasteiger partial charge >= 0.3 is 0 Å². The van der Waals surface area contributed by atoms with Crippen LogP contribution in [-0.4, -0.2) is 19.2 Å². The molecule has 1 aliphatic carbocycles. The summed E-state index contributed by atoms with van der Waals surface area (Å²) >= 11 is 0. The van der Waals surface area contributed by atoms with Crippen LogP contribution in [0.15, 0.2) is 18.2 Å². The molecule has 0 spiro atoms. The molecule has 0 bridgehead atoms. The van der Waals surface area contributed by atoms with Crippen LogP contribution in [0.1, 0.15) is 32.6 Å². The van der Waals surface area contributed by atoms with E-state index in [-0.39, 0.29) is 5.75 Å². The standard InChI is InChI=1S/C15H21F2NO/c1-2-18-15-5-3-4-11(15)6-7-19-14-9-12(16)8-13(17)10-14/h8-11,15,18H,2-7H2,1H3. The van der Waals surface area contributed by atoms with Crippen molar-refractivity contribution < 1.29 is 13.5 Å². The lowest BCUT2D eigenvalue weighted by Crippen LogP contribution is -2.32. The molecule has 1 aromatic rings. The van der Waals surface area contributed by atoms with E-state index in [2.05, 4.69) is 12.2 Å². The van der Waals surface area contributed by atoms with Crippen LogP contribution in [0.2, 0.25) is 0 Å². The van der Waals surface area contributed by atoms with Crippen molar-refractivity contribution in [1.29, 1.82) is 0 Å². The van der Waals surface area contributed by atoms with E-state index in [1.165, 1.54) is 31.4 Å². The summed E-state index contributed by atoms with van der Waals surface area (Å²) in [7, 11) is 0. The molecular weight excluding hydrogens is 248 g/mol. The lowest BCUT2D eigenvalue weighted by Gasteiger charge is -2.20. The van der Waals surface area contributed by atoms with Gasteiger partial charge in [-0.1, -0.05) is 13.3 Å². The monoisotopic (exact) mass is 269 g/mol. The van der Waals surface area contributed by atoms with Crippen LogP contribution < -0.4 is 10.1 Å². The molecule has 106 valence electrons. The first kappa shape index (κ1) is 14.3. The van der Waals surface area contributed by atoms with Gasteiger partial charge in [0.1, 0.15) is 17.4 Å². The lowest BCUT2D eigenvalue weighted by molar-refractivity contribution is 0.259. The van der Waals surface area contributed by atoms with Crippen LogP contribution in [0.4, 0.5) is 8.78 Å². The SMILES string of the molecule is CCNC1CCCC1CCOc1cc(F)cc(F)c1. The lowest BCUT2D eigenvalue weighted by atomic mass is 10.00. The highest BCUT2D eigenvalue weighted by Crippen LogP contribution is 2.28. The van der Waals surface area contributed by atoms with Crippen molar-refractivity contribution in [3.8, 4) is 5.75 Å². The first-order valence-corrected chi connectivity index (χ1v) is 7.01. The molecule has 2 rings (SSSR count). The number of hydrogen-bond acceptors (Lipinski definition) is 2. The second-order valence-corrected chi connectivity index (χ2v) is 5.10. The van der Waals surface area contributed by atoms with Gasteiger partial charge in [0.2, 0.25) is 0 Å². The highest BCUT2D eigenvalue weighted by molar-refractivity contribution is 5.23. The molecule has 2 unspecified atom stereocenters. The highest BCUT2D eigenvalue weighted by atomic mass is 19.1. The number of halogens is 2. The van der Waals surface area contributed by atoms with E-state index in [4.69, 9.17) is 4.74 Å². The zero-order valence-electron chi connectivity index (χ0n) is 11.3. The fourth-order valence-electron chi connectivity index (χ4n) is 2.85. The quantitative estimate of drug-likeness (QED) is 0.853. The molecule has 0 saturated heterocycles. The summed E-state index contributed by atoms with van der Waals surface area (Å²) in [6.07, 6.45) is 4.60. The van der Waals surface area contributed by atoms with Crippen LogP contribution >= 0.6 is 0 Å². The van der Waals surface area contributed by atoms with Gasteiger partial charge in [-0.2, -0.15) is 0 Å². The Morgan fingerprint density at radius 1 is 1.21 bits per heavy atom. The zero-order valence-corrected chi connectivity index (χ0v) is 11.3. The van der Waals surface area contributed by atoms with E-state index in [9.17, 15) is 8.78 Å². The molecule has 1 N–H and O–H groups in total. The topological polar surface area (TPSA) is 21.3 Å². The largest absolute Gasteiger partial charge is 0.493 e. The Labute approximate surface area is 113 Å². The molecule has 1 aliphatic rings. The van der Waals surface area contributed by atoms with Crippen LogP contribution in [0, 0.1) is 17.6 Å². The summed E-state index contributed by atoms with van der Waals surface area (Å²) in [5, 5.41) is 3.49. The fourth-order valence-corrected chi connectivity index (χ4v) is 2.85. The van der Waals surface area contributed by atoms with Crippen LogP contribution in [-0.2, 0) is 0 Å². The van der Waals surface area contributed by atoms with Crippen molar-refractivity contribution in [2.75, 3.05) is 13.2 Å². The van der Waals surface area contributed by atoms with Gasteiger partial charge in [0.05, 0.1) is 6.61 Å². The molecule has 1 aromatic carbocycles. The van der Waals surface area contributed by atoms with Crippen molar-refractivity contribution in [1.82, 2.24) is 5.32 Å². The number of ether oxygens (including phenoxy) is 1. The second kappa shape index (κ2) is 6.85. The fraction of sp³-hybridized carbons (Fsp3) is 0.600. The van der Waals surface area contributed by atoms with Gasteiger partial charge in [-0.15, -0.1) is 0 Å². The van der Waals surface area contributed by atoms with E-state index < -0.39 is 11.6 Å². The minimum Gasteiger partial charge on any atom is -0.493 e. The average Bonchev–Trinajstić information content (AvgIpc) is 2.76. The first-order valence-electron chi connectivity index (χ1n) is 7.01. The van der Waals surface area contributed by atoms with Crippen molar-refractivity contribution >= 4 is 0 Å². The van der Waals surface area contributed by atoms with Crippen molar-refractivity contribution in [2.24, 2.45) is 5.92 Å². The molecule has 0 aromatic heterocycles.